The van der Waals surface area contributed by atoms with Crippen molar-refractivity contribution < 1.29 is 10.2 Å². The molecule has 0 aliphatic carbocycles. The zero-order chi connectivity index (χ0) is 15.1. The molecule has 2 heterocycles. The number of hydrogen-bond donors (Lipinski definition) is 3. The number of quaternary nitrogens is 1. The standard InChI is InChI=1S/C16H19N3O2/c1-15(2)16(20,13-8-4-3-5-9-13)19(21)14(18-15)12-7-6-10-17-11-12/h3-11,14,18-20H,1-2H3. The summed E-state index contributed by atoms with van der Waals surface area (Å²) in [5, 5.41) is 27.1. The van der Waals surface area contributed by atoms with E-state index < -0.39 is 17.4 Å². The molecule has 5 heteroatoms. The Kier molecular flexibility index (Phi) is 3.30. The summed E-state index contributed by atoms with van der Waals surface area (Å²) >= 11 is 0. The molecule has 0 spiro atoms. The van der Waals surface area contributed by atoms with Crippen molar-refractivity contribution in [1.29, 1.82) is 0 Å². The zero-order valence-electron chi connectivity index (χ0n) is 12.1. The predicted octanol–water partition coefficient (Wildman–Crippen LogP) is 0.690. The van der Waals surface area contributed by atoms with Gasteiger partial charge in [-0.2, -0.15) is 0 Å². The fraction of sp³-hybridized carbons (Fsp3) is 0.312. The fourth-order valence-corrected chi connectivity index (χ4v) is 3.01. The van der Waals surface area contributed by atoms with Gasteiger partial charge in [0.05, 0.1) is 0 Å². The topological polar surface area (TPSA) is 72.7 Å². The fourth-order valence-electron chi connectivity index (χ4n) is 3.01. The van der Waals surface area contributed by atoms with Crippen molar-refractivity contribution >= 4 is 0 Å². The highest BCUT2D eigenvalue weighted by atomic mass is 16.6. The highest BCUT2D eigenvalue weighted by Crippen LogP contribution is 2.34. The summed E-state index contributed by atoms with van der Waals surface area (Å²) in [4.78, 5) is 4.06. The summed E-state index contributed by atoms with van der Waals surface area (Å²) in [6.45, 7) is 3.68. The number of hydroxylamine groups is 2. The van der Waals surface area contributed by atoms with Gasteiger partial charge in [-0.25, -0.2) is 5.32 Å². The van der Waals surface area contributed by atoms with Gasteiger partial charge in [0.15, 0.2) is 6.17 Å². The van der Waals surface area contributed by atoms with Crippen LogP contribution in [0.15, 0.2) is 54.9 Å². The summed E-state index contributed by atoms with van der Waals surface area (Å²) in [5.41, 5.74) is -0.956. The van der Waals surface area contributed by atoms with Crippen molar-refractivity contribution in [3.05, 3.63) is 71.2 Å². The van der Waals surface area contributed by atoms with Crippen molar-refractivity contribution in [2.24, 2.45) is 0 Å². The Morgan fingerprint density at radius 3 is 2.52 bits per heavy atom. The Hall–Kier alpha value is -1.79. The van der Waals surface area contributed by atoms with Gasteiger partial charge in [0.1, 0.15) is 5.54 Å². The number of aromatic nitrogens is 1. The Morgan fingerprint density at radius 1 is 1.19 bits per heavy atom. The molecular formula is C16H19N3O2. The third-order valence-electron chi connectivity index (χ3n) is 4.24. The third kappa shape index (κ3) is 2.06. The van der Waals surface area contributed by atoms with Gasteiger partial charge in [0.25, 0.3) is 0 Å². The van der Waals surface area contributed by atoms with E-state index in [0.717, 1.165) is 5.56 Å². The maximum Gasteiger partial charge on any atom is 0.245 e. The lowest BCUT2D eigenvalue weighted by Crippen LogP contribution is -3.14. The van der Waals surface area contributed by atoms with Gasteiger partial charge in [0, 0.05) is 23.5 Å². The lowest BCUT2D eigenvalue weighted by molar-refractivity contribution is -0.959. The van der Waals surface area contributed by atoms with Gasteiger partial charge in [-0.1, -0.05) is 18.2 Å². The minimum absolute atomic E-state index is 0.244. The maximum atomic E-state index is 12.9. The Labute approximate surface area is 123 Å². The molecule has 2 aromatic rings. The molecule has 110 valence electrons. The molecule has 3 unspecified atom stereocenters. The van der Waals surface area contributed by atoms with Crippen LogP contribution in [-0.4, -0.2) is 15.6 Å². The molecule has 21 heavy (non-hydrogen) atoms. The molecular weight excluding hydrogens is 266 g/mol. The van der Waals surface area contributed by atoms with E-state index in [1.165, 1.54) is 0 Å². The number of aliphatic hydroxyl groups is 1. The van der Waals surface area contributed by atoms with E-state index >= 15 is 0 Å². The molecule has 5 nitrogen and oxygen atoms in total. The van der Waals surface area contributed by atoms with Crippen LogP contribution in [0.4, 0.5) is 0 Å². The molecule has 1 saturated heterocycles. The molecule has 1 aromatic heterocycles. The normalized spacial score (nSPS) is 31.2. The van der Waals surface area contributed by atoms with Gasteiger partial charge in [-0.3, -0.25) is 4.98 Å². The van der Waals surface area contributed by atoms with Crippen LogP contribution < -0.4 is 10.4 Å². The molecule has 3 atom stereocenters. The second kappa shape index (κ2) is 4.89. The third-order valence-corrected chi connectivity index (χ3v) is 4.24. The van der Waals surface area contributed by atoms with Crippen LogP contribution in [0.1, 0.15) is 31.1 Å². The molecule has 0 bridgehead atoms. The van der Waals surface area contributed by atoms with Crippen molar-refractivity contribution in [3.63, 3.8) is 0 Å². The first-order valence-corrected chi connectivity index (χ1v) is 6.96. The van der Waals surface area contributed by atoms with Crippen LogP contribution in [0.5, 0.6) is 0 Å². The van der Waals surface area contributed by atoms with Crippen molar-refractivity contribution in [1.82, 2.24) is 10.3 Å². The molecule has 1 aliphatic rings. The second-order valence-corrected chi connectivity index (χ2v) is 5.93. The number of benzene rings is 1. The largest absolute Gasteiger partial charge is 0.630 e. The van der Waals surface area contributed by atoms with Crippen LogP contribution in [0.3, 0.4) is 0 Å². The number of nitrogens with zero attached hydrogens (tertiary/aromatic N) is 1. The van der Waals surface area contributed by atoms with Crippen LogP contribution >= 0.6 is 0 Å². The summed E-state index contributed by atoms with van der Waals surface area (Å²) in [7, 11) is 0. The van der Waals surface area contributed by atoms with Crippen LogP contribution in [0, 0.1) is 5.21 Å². The van der Waals surface area contributed by atoms with Crippen molar-refractivity contribution in [2.45, 2.75) is 31.3 Å². The Bertz CT molecular complexity index is 618. The van der Waals surface area contributed by atoms with Crippen LogP contribution in [-0.2, 0) is 5.72 Å². The number of hydrogen-bond acceptors (Lipinski definition) is 4. The van der Waals surface area contributed by atoms with E-state index in [4.69, 9.17) is 0 Å². The van der Waals surface area contributed by atoms with E-state index in [1.807, 2.05) is 38.1 Å². The van der Waals surface area contributed by atoms with E-state index in [9.17, 15) is 10.3 Å². The Morgan fingerprint density at radius 2 is 1.90 bits per heavy atom. The van der Waals surface area contributed by atoms with Crippen LogP contribution in [0.25, 0.3) is 0 Å². The van der Waals surface area contributed by atoms with Crippen LogP contribution in [0.2, 0.25) is 0 Å². The van der Waals surface area contributed by atoms with Gasteiger partial charge in [-0.05, 0) is 38.1 Å². The highest BCUT2D eigenvalue weighted by Gasteiger charge is 2.60. The highest BCUT2D eigenvalue weighted by molar-refractivity contribution is 5.26. The molecule has 0 saturated carbocycles. The molecule has 3 N–H and O–H groups in total. The lowest BCUT2D eigenvalue weighted by atomic mass is 9.86. The summed E-state index contributed by atoms with van der Waals surface area (Å²) in [6.07, 6.45) is 2.76. The second-order valence-electron chi connectivity index (χ2n) is 5.93. The first-order valence-electron chi connectivity index (χ1n) is 6.96. The van der Waals surface area contributed by atoms with E-state index in [0.29, 0.717) is 5.56 Å². The average molecular weight is 285 g/mol. The zero-order valence-corrected chi connectivity index (χ0v) is 12.1. The minimum atomic E-state index is -1.56. The van der Waals surface area contributed by atoms with Gasteiger partial charge < -0.3 is 15.4 Å². The average Bonchev–Trinajstić information content (AvgIpc) is 2.70. The first kappa shape index (κ1) is 14.2. The summed E-state index contributed by atoms with van der Waals surface area (Å²) in [5.74, 6) is 0. The maximum absolute atomic E-state index is 12.9. The smallest absolute Gasteiger partial charge is 0.245 e. The summed E-state index contributed by atoms with van der Waals surface area (Å²) in [6, 6.07) is 12.7. The minimum Gasteiger partial charge on any atom is -0.630 e. The number of nitrogens with one attached hydrogen (secondary N) is 2. The molecule has 3 rings (SSSR count). The van der Waals surface area contributed by atoms with Crippen molar-refractivity contribution in [2.75, 3.05) is 0 Å². The van der Waals surface area contributed by atoms with Gasteiger partial charge in [-0.15, -0.1) is 0 Å². The molecule has 0 radical (unpaired) electrons. The Balaban J connectivity index is 2.06. The predicted molar refractivity (Wildman–Crippen MR) is 78.9 cm³/mol. The molecule has 1 aliphatic heterocycles. The number of pyridine rings is 1. The van der Waals surface area contributed by atoms with Crippen molar-refractivity contribution in [3.8, 4) is 0 Å². The van der Waals surface area contributed by atoms with E-state index in [1.54, 1.807) is 30.6 Å². The first-order chi connectivity index (χ1) is 9.97. The number of rotatable bonds is 2. The SMILES string of the molecule is CC1(C)NC(c2cccnc2)[NH+]([O-])C1(O)c1ccccc1. The van der Waals surface area contributed by atoms with E-state index in [-0.39, 0.29) is 5.06 Å². The monoisotopic (exact) mass is 285 g/mol. The van der Waals surface area contributed by atoms with Gasteiger partial charge in [0.2, 0.25) is 5.72 Å². The van der Waals surface area contributed by atoms with E-state index in [2.05, 4.69) is 10.3 Å². The molecule has 1 aromatic carbocycles. The van der Waals surface area contributed by atoms with Gasteiger partial charge >= 0.3 is 0 Å². The molecule has 0 amide bonds. The summed E-state index contributed by atoms with van der Waals surface area (Å²) < 4.78 is 0. The quantitative estimate of drug-likeness (QED) is 0.710. The molecule has 1 fully saturated rings. The lowest BCUT2D eigenvalue weighted by Gasteiger charge is -2.40.